The van der Waals surface area contributed by atoms with Crippen LogP contribution in [0.1, 0.15) is 61.9 Å². The Labute approximate surface area is 181 Å². The number of unbranched alkanes of at least 4 members (excludes halogenated alkanes) is 5. The van der Waals surface area contributed by atoms with Crippen LogP contribution < -0.4 is 5.32 Å². The Morgan fingerprint density at radius 3 is 2.55 bits per heavy atom. The number of thiazole rings is 1. The lowest BCUT2D eigenvalue weighted by Gasteiger charge is -2.27. The van der Waals surface area contributed by atoms with Crippen LogP contribution in [0, 0.1) is 5.82 Å². The fraction of sp³-hybridized carbons (Fsp3) is 0.571. The fourth-order valence-electron chi connectivity index (χ4n) is 3.57. The molecule has 1 unspecified atom stereocenters. The summed E-state index contributed by atoms with van der Waals surface area (Å²) in [4.78, 5) is 3.62. The molecule has 1 N–H and O–H groups in total. The third-order valence-corrected chi connectivity index (χ3v) is 8.36. The second kappa shape index (κ2) is 10.8. The standard InChI is InChI=1S/C21H28ClFN2O2S2/c22-18-14-20(29(26,27)15-21-25-11-12-28-21)19(23)13-16(18)7-5-3-1-2-4-6-8-17-9-10-24-17/h11-14,17,24H,1-10,15H2. The molecular formula is C21H28ClFN2O2S2. The van der Waals surface area contributed by atoms with E-state index in [1.54, 1.807) is 5.38 Å². The van der Waals surface area contributed by atoms with Gasteiger partial charge in [-0.25, -0.2) is 17.8 Å². The largest absolute Gasteiger partial charge is 0.314 e. The smallest absolute Gasteiger partial charge is 0.187 e. The molecule has 1 fully saturated rings. The minimum atomic E-state index is -3.81. The summed E-state index contributed by atoms with van der Waals surface area (Å²) in [5.74, 6) is -1.04. The highest BCUT2D eigenvalue weighted by atomic mass is 35.5. The lowest BCUT2D eigenvalue weighted by atomic mass is 9.99. The molecule has 0 aliphatic carbocycles. The minimum Gasteiger partial charge on any atom is -0.314 e. The molecule has 160 valence electrons. The highest BCUT2D eigenvalue weighted by molar-refractivity contribution is 7.90. The molecule has 3 rings (SSSR count). The Bertz CT molecular complexity index is 884. The van der Waals surface area contributed by atoms with Crippen LogP contribution in [0.5, 0.6) is 0 Å². The molecule has 1 aliphatic heterocycles. The molecule has 2 aromatic rings. The number of rotatable bonds is 12. The van der Waals surface area contributed by atoms with E-state index in [1.165, 1.54) is 74.7 Å². The molecule has 1 aromatic heterocycles. The number of aryl methyl sites for hydroxylation is 1. The predicted molar refractivity (Wildman–Crippen MR) is 117 cm³/mol. The summed E-state index contributed by atoms with van der Waals surface area (Å²) >= 11 is 7.50. The number of hydrogen-bond acceptors (Lipinski definition) is 5. The molecular weight excluding hydrogens is 431 g/mol. The Balaban J connectivity index is 1.44. The van der Waals surface area contributed by atoms with E-state index in [-0.39, 0.29) is 10.6 Å². The first-order valence-electron chi connectivity index (χ1n) is 10.3. The van der Waals surface area contributed by atoms with Crippen molar-refractivity contribution in [2.24, 2.45) is 0 Å². The molecule has 0 amide bonds. The van der Waals surface area contributed by atoms with Crippen molar-refractivity contribution in [1.29, 1.82) is 0 Å². The van der Waals surface area contributed by atoms with Crippen molar-refractivity contribution in [2.45, 2.75) is 74.5 Å². The van der Waals surface area contributed by atoms with E-state index < -0.39 is 15.7 Å². The zero-order valence-electron chi connectivity index (χ0n) is 16.5. The van der Waals surface area contributed by atoms with Gasteiger partial charge in [-0.2, -0.15) is 0 Å². The summed E-state index contributed by atoms with van der Waals surface area (Å²) in [6, 6.07) is 3.28. The summed E-state index contributed by atoms with van der Waals surface area (Å²) in [7, 11) is -3.81. The van der Waals surface area contributed by atoms with E-state index >= 15 is 0 Å². The molecule has 8 heteroatoms. The van der Waals surface area contributed by atoms with Crippen LogP contribution in [-0.2, 0) is 22.0 Å². The highest BCUT2D eigenvalue weighted by Gasteiger charge is 2.23. The molecule has 1 atom stereocenters. The van der Waals surface area contributed by atoms with Gasteiger partial charge in [-0.15, -0.1) is 11.3 Å². The van der Waals surface area contributed by atoms with Crippen LogP contribution in [0.2, 0.25) is 5.02 Å². The van der Waals surface area contributed by atoms with Gasteiger partial charge in [0.2, 0.25) is 0 Å². The second-order valence-corrected chi connectivity index (χ2v) is 11.0. The molecule has 1 aromatic carbocycles. The number of hydrogen-bond donors (Lipinski definition) is 1. The van der Waals surface area contributed by atoms with Gasteiger partial charge >= 0.3 is 0 Å². The maximum Gasteiger partial charge on any atom is 0.187 e. The lowest BCUT2D eigenvalue weighted by Crippen LogP contribution is -2.42. The van der Waals surface area contributed by atoms with Gasteiger partial charge in [-0.3, -0.25) is 0 Å². The third-order valence-electron chi connectivity index (χ3n) is 5.41. The lowest BCUT2D eigenvalue weighted by molar-refractivity contribution is 0.339. The topological polar surface area (TPSA) is 59.1 Å². The fourth-order valence-corrected chi connectivity index (χ4v) is 6.24. The van der Waals surface area contributed by atoms with Crippen molar-refractivity contribution in [1.82, 2.24) is 10.3 Å². The molecule has 1 aliphatic rings. The Morgan fingerprint density at radius 2 is 1.90 bits per heavy atom. The van der Waals surface area contributed by atoms with Crippen molar-refractivity contribution < 1.29 is 12.8 Å². The Morgan fingerprint density at radius 1 is 1.17 bits per heavy atom. The molecule has 4 nitrogen and oxygen atoms in total. The Hall–Kier alpha value is -1.02. The average molecular weight is 459 g/mol. The van der Waals surface area contributed by atoms with E-state index in [1.807, 2.05) is 0 Å². The number of halogens is 2. The summed E-state index contributed by atoms with van der Waals surface area (Å²) in [6.45, 7) is 1.17. The van der Waals surface area contributed by atoms with Crippen molar-refractivity contribution in [2.75, 3.05) is 6.54 Å². The number of benzene rings is 1. The van der Waals surface area contributed by atoms with Gasteiger partial charge in [0.25, 0.3) is 0 Å². The number of aromatic nitrogens is 1. The van der Waals surface area contributed by atoms with Crippen molar-refractivity contribution in [3.05, 3.63) is 45.1 Å². The first-order chi connectivity index (χ1) is 14.0. The van der Waals surface area contributed by atoms with Gasteiger partial charge < -0.3 is 5.32 Å². The summed E-state index contributed by atoms with van der Waals surface area (Å²) < 4.78 is 39.5. The predicted octanol–water partition coefficient (Wildman–Crippen LogP) is 5.54. The van der Waals surface area contributed by atoms with E-state index in [9.17, 15) is 12.8 Å². The van der Waals surface area contributed by atoms with Gasteiger partial charge in [-0.1, -0.05) is 43.7 Å². The molecule has 2 heterocycles. The van der Waals surface area contributed by atoms with E-state index in [0.29, 0.717) is 22.0 Å². The number of sulfone groups is 1. The monoisotopic (exact) mass is 458 g/mol. The quantitative estimate of drug-likeness (QED) is 0.424. The summed E-state index contributed by atoms with van der Waals surface area (Å²) in [5.41, 5.74) is 0.674. The van der Waals surface area contributed by atoms with Crippen molar-refractivity contribution in [3.63, 3.8) is 0 Å². The molecule has 1 saturated heterocycles. The van der Waals surface area contributed by atoms with Crippen LogP contribution in [-0.4, -0.2) is 26.0 Å². The number of nitrogens with one attached hydrogen (secondary N) is 1. The zero-order valence-corrected chi connectivity index (χ0v) is 18.9. The van der Waals surface area contributed by atoms with Crippen LogP contribution in [0.15, 0.2) is 28.6 Å². The van der Waals surface area contributed by atoms with Gasteiger partial charge in [0.15, 0.2) is 9.84 Å². The summed E-state index contributed by atoms with van der Waals surface area (Å²) in [5, 5.41) is 5.88. The highest BCUT2D eigenvalue weighted by Crippen LogP contribution is 2.28. The van der Waals surface area contributed by atoms with E-state index in [0.717, 1.165) is 18.9 Å². The van der Waals surface area contributed by atoms with Gasteiger partial charge in [0, 0.05) is 22.6 Å². The van der Waals surface area contributed by atoms with Crippen LogP contribution >= 0.6 is 22.9 Å². The maximum absolute atomic E-state index is 14.5. The Kier molecular flexibility index (Phi) is 8.47. The molecule has 0 saturated carbocycles. The molecule has 0 radical (unpaired) electrons. The second-order valence-electron chi connectivity index (χ2n) is 7.66. The van der Waals surface area contributed by atoms with Gasteiger partial charge in [-0.05, 0) is 49.9 Å². The SMILES string of the molecule is O=S(=O)(Cc1nccs1)c1cc(Cl)c(CCCCCCCCC2CCN2)cc1F. The zero-order chi connectivity index (χ0) is 20.7. The third kappa shape index (κ3) is 6.74. The van der Waals surface area contributed by atoms with Gasteiger partial charge in [0.1, 0.15) is 21.5 Å². The summed E-state index contributed by atoms with van der Waals surface area (Å²) in [6.07, 6.45) is 11.7. The maximum atomic E-state index is 14.5. The average Bonchev–Trinajstić information content (AvgIpc) is 3.13. The van der Waals surface area contributed by atoms with Gasteiger partial charge in [0.05, 0.1) is 0 Å². The number of nitrogens with zero attached hydrogens (tertiary/aromatic N) is 1. The minimum absolute atomic E-state index is 0.311. The van der Waals surface area contributed by atoms with Crippen LogP contribution in [0.3, 0.4) is 0 Å². The molecule has 29 heavy (non-hydrogen) atoms. The van der Waals surface area contributed by atoms with Crippen molar-refractivity contribution in [3.8, 4) is 0 Å². The molecule has 0 bridgehead atoms. The first kappa shape index (κ1) is 22.7. The van der Waals surface area contributed by atoms with E-state index in [4.69, 9.17) is 11.6 Å². The van der Waals surface area contributed by atoms with E-state index in [2.05, 4.69) is 10.3 Å². The molecule has 0 spiro atoms. The normalized spacial score (nSPS) is 16.7. The van der Waals surface area contributed by atoms with Crippen molar-refractivity contribution >= 4 is 32.8 Å². The first-order valence-corrected chi connectivity index (χ1v) is 13.2. The van der Waals surface area contributed by atoms with Crippen LogP contribution in [0.25, 0.3) is 0 Å². The van der Waals surface area contributed by atoms with Crippen LogP contribution in [0.4, 0.5) is 4.39 Å².